The smallest absolute Gasteiger partial charge is 0.308 e. The van der Waals surface area contributed by atoms with E-state index in [4.69, 9.17) is 14.5 Å². The van der Waals surface area contributed by atoms with Crippen molar-refractivity contribution >= 4 is 12.0 Å². The normalized spacial score (nSPS) is 24.8. The minimum atomic E-state index is -0.595. The molecule has 0 aromatic heterocycles. The van der Waals surface area contributed by atoms with Gasteiger partial charge < -0.3 is 4.74 Å². The maximum atomic E-state index is 11.6. The molecule has 1 heterocycles. The molecule has 0 amide bonds. The Morgan fingerprint density at radius 2 is 1.71 bits per heavy atom. The van der Waals surface area contributed by atoms with E-state index >= 15 is 0 Å². The Labute approximate surface area is 188 Å². The molecule has 0 N–H and O–H groups in total. The first-order chi connectivity index (χ1) is 14.8. The van der Waals surface area contributed by atoms with Crippen LogP contribution in [0.25, 0.3) is 6.08 Å². The van der Waals surface area contributed by atoms with E-state index in [9.17, 15) is 4.79 Å². The zero-order valence-corrected chi connectivity index (χ0v) is 19.8. The van der Waals surface area contributed by atoms with Gasteiger partial charge in [-0.25, -0.2) is 9.78 Å². The summed E-state index contributed by atoms with van der Waals surface area (Å²) in [5.74, 6) is 0.296. The number of carbonyl (C=O) groups excluding carboxylic acids is 1. The molecule has 0 aliphatic carbocycles. The van der Waals surface area contributed by atoms with Gasteiger partial charge in [-0.1, -0.05) is 74.4 Å². The lowest BCUT2D eigenvalue weighted by Gasteiger charge is -2.25. The van der Waals surface area contributed by atoms with E-state index in [2.05, 4.69) is 62.4 Å². The fraction of sp³-hybridized carbons (Fsp3) is 0.593. The molecule has 0 spiro atoms. The fourth-order valence-electron chi connectivity index (χ4n) is 4.43. The maximum absolute atomic E-state index is 11.6. The number of hydrogen-bond donors (Lipinski definition) is 0. The number of hydrogen-bond acceptors (Lipinski definition) is 4. The van der Waals surface area contributed by atoms with Crippen molar-refractivity contribution in [3.63, 3.8) is 0 Å². The Hall–Kier alpha value is -1.91. The molecule has 1 fully saturated rings. The molecule has 1 aliphatic rings. The van der Waals surface area contributed by atoms with Crippen molar-refractivity contribution < 1.29 is 19.3 Å². The fourth-order valence-corrected chi connectivity index (χ4v) is 4.43. The summed E-state index contributed by atoms with van der Waals surface area (Å²) in [6.45, 7) is 6.28. The lowest BCUT2D eigenvalue weighted by Crippen LogP contribution is -2.32. The number of esters is 1. The molecule has 4 heteroatoms. The number of benzene rings is 1. The number of ether oxygens (including phenoxy) is 1. The molecular formula is C27H40O4. The van der Waals surface area contributed by atoms with Crippen LogP contribution in [-0.2, 0) is 19.3 Å². The first-order valence-electron chi connectivity index (χ1n) is 11.6. The van der Waals surface area contributed by atoms with Crippen molar-refractivity contribution in [3.8, 4) is 0 Å². The number of allylic oxidation sites excluding steroid dienone is 3. The van der Waals surface area contributed by atoms with Gasteiger partial charge in [0.15, 0.2) is 0 Å². The molecule has 1 aromatic rings. The molecule has 1 aliphatic heterocycles. The van der Waals surface area contributed by atoms with Crippen LogP contribution in [-0.4, -0.2) is 24.3 Å². The van der Waals surface area contributed by atoms with E-state index in [1.165, 1.54) is 31.9 Å². The molecule has 0 radical (unpaired) electrons. The van der Waals surface area contributed by atoms with E-state index in [1.807, 2.05) is 13.0 Å². The van der Waals surface area contributed by atoms with Crippen LogP contribution in [0.1, 0.15) is 84.1 Å². The Bertz CT molecular complexity index is 711. The van der Waals surface area contributed by atoms with Gasteiger partial charge in [0.05, 0.1) is 13.5 Å². The third kappa shape index (κ3) is 9.84. The Balaban J connectivity index is 1.55. The number of rotatable bonds is 13. The van der Waals surface area contributed by atoms with Crippen LogP contribution < -0.4 is 0 Å². The zero-order valence-electron chi connectivity index (χ0n) is 19.8. The van der Waals surface area contributed by atoms with Crippen LogP contribution in [0.15, 0.2) is 48.6 Å². The highest BCUT2D eigenvalue weighted by atomic mass is 17.2. The first kappa shape index (κ1) is 25.4. The topological polar surface area (TPSA) is 44.8 Å². The quantitative estimate of drug-likeness (QED) is 0.146. The van der Waals surface area contributed by atoms with E-state index < -0.39 is 5.60 Å². The van der Waals surface area contributed by atoms with Gasteiger partial charge in [-0.2, -0.15) is 0 Å². The summed E-state index contributed by atoms with van der Waals surface area (Å²) in [5, 5.41) is 0. The second-order valence-corrected chi connectivity index (χ2v) is 9.45. The average molecular weight is 429 g/mol. The van der Waals surface area contributed by atoms with Crippen molar-refractivity contribution in [2.75, 3.05) is 7.11 Å². The Morgan fingerprint density at radius 1 is 1.03 bits per heavy atom. The minimum Gasteiger partial charge on any atom is -0.469 e. The molecule has 2 rings (SSSR count). The molecule has 3 atom stereocenters. The van der Waals surface area contributed by atoms with Gasteiger partial charge in [-0.15, -0.1) is 0 Å². The predicted molar refractivity (Wildman–Crippen MR) is 126 cm³/mol. The highest BCUT2D eigenvalue weighted by molar-refractivity contribution is 5.70. The second kappa shape index (κ2) is 12.8. The van der Waals surface area contributed by atoms with Gasteiger partial charge in [0.1, 0.15) is 11.2 Å². The highest BCUT2D eigenvalue weighted by Crippen LogP contribution is 2.42. The SMILES string of the molecule is COC(=O)C[C@]1(C)C[C@@](C)(CC(C)CCCC/C=C/CC/C=C/c2ccccc2)OO1. The van der Waals surface area contributed by atoms with Gasteiger partial charge in [-0.3, -0.25) is 4.79 Å². The van der Waals surface area contributed by atoms with E-state index in [-0.39, 0.29) is 18.0 Å². The van der Waals surface area contributed by atoms with Crippen LogP contribution in [0, 0.1) is 5.92 Å². The summed E-state index contributed by atoms with van der Waals surface area (Å²) in [6, 6.07) is 10.4. The van der Waals surface area contributed by atoms with Crippen molar-refractivity contribution in [1.82, 2.24) is 0 Å². The summed E-state index contributed by atoms with van der Waals surface area (Å²) in [5.41, 5.74) is 0.329. The first-order valence-corrected chi connectivity index (χ1v) is 11.6. The lowest BCUT2D eigenvalue weighted by molar-refractivity contribution is -0.346. The van der Waals surface area contributed by atoms with Gasteiger partial charge in [-0.05, 0) is 57.4 Å². The maximum Gasteiger partial charge on any atom is 0.308 e. The monoisotopic (exact) mass is 428 g/mol. The largest absolute Gasteiger partial charge is 0.469 e. The van der Waals surface area contributed by atoms with Crippen molar-refractivity contribution in [1.29, 1.82) is 0 Å². The number of carbonyl (C=O) groups is 1. The predicted octanol–water partition coefficient (Wildman–Crippen LogP) is 7.06. The summed E-state index contributed by atoms with van der Waals surface area (Å²) in [4.78, 5) is 22.8. The standard InChI is InChI=1S/C27H40O4/c1-23(20-26(2)22-27(3,31-30-26)21-25(28)29-4)16-12-9-7-5-6-8-10-13-17-24-18-14-11-15-19-24/h5-6,11,13-15,17-19,23H,7-10,12,16,20-22H2,1-4H3/b6-5+,17-13+/t23?,26-,27-/m1/s1. The van der Waals surface area contributed by atoms with Crippen LogP contribution in [0.5, 0.6) is 0 Å². The summed E-state index contributed by atoms with van der Waals surface area (Å²) >= 11 is 0. The second-order valence-electron chi connectivity index (χ2n) is 9.45. The van der Waals surface area contributed by atoms with Crippen LogP contribution in [0.4, 0.5) is 0 Å². The molecule has 0 saturated carbocycles. The van der Waals surface area contributed by atoms with E-state index in [1.54, 1.807) is 0 Å². The van der Waals surface area contributed by atoms with Crippen molar-refractivity contribution in [2.24, 2.45) is 5.92 Å². The van der Waals surface area contributed by atoms with Crippen molar-refractivity contribution in [3.05, 3.63) is 54.1 Å². The minimum absolute atomic E-state index is 0.224. The van der Waals surface area contributed by atoms with Crippen LogP contribution in [0.2, 0.25) is 0 Å². The Morgan fingerprint density at radius 3 is 2.45 bits per heavy atom. The number of unbranched alkanes of at least 4 members (excludes halogenated alkanes) is 3. The summed E-state index contributed by atoms with van der Waals surface area (Å²) in [7, 11) is 1.40. The molecule has 0 bridgehead atoms. The Kier molecular flexibility index (Phi) is 10.5. The summed E-state index contributed by atoms with van der Waals surface area (Å²) in [6.07, 6.45) is 17.8. The van der Waals surface area contributed by atoms with Crippen molar-refractivity contribution in [2.45, 2.75) is 89.8 Å². The zero-order chi connectivity index (χ0) is 22.6. The van der Waals surface area contributed by atoms with Gasteiger partial charge in [0.2, 0.25) is 0 Å². The highest BCUT2D eigenvalue weighted by Gasteiger charge is 2.48. The molecular weight excluding hydrogens is 388 g/mol. The lowest BCUT2D eigenvalue weighted by atomic mass is 9.81. The van der Waals surface area contributed by atoms with Gasteiger partial charge in [0, 0.05) is 6.42 Å². The van der Waals surface area contributed by atoms with Gasteiger partial charge >= 0.3 is 5.97 Å². The molecule has 172 valence electrons. The molecule has 1 aromatic carbocycles. The van der Waals surface area contributed by atoms with Crippen LogP contribution >= 0.6 is 0 Å². The summed E-state index contributed by atoms with van der Waals surface area (Å²) < 4.78 is 4.77. The van der Waals surface area contributed by atoms with Gasteiger partial charge in [0.25, 0.3) is 0 Å². The molecule has 1 saturated heterocycles. The third-order valence-electron chi connectivity index (χ3n) is 5.81. The average Bonchev–Trinajstić information content (AvgIpc) is 3.03. The number of methoxy groups -OCH3 is 1. The molecule has 4 nitrogen and oxygen atoms in total. The van der Waals surface area contributed by atoms with Crippen LogP contribution in [0.3, 0.4) is 0 Å². The van der Waals surface area contributed by atoms with E-state index in [0.29, 0.717) is 12.3 Å². The third-order valence-corrected chi connectivity index (χ3v) is 5.81. The van der Waals surface area contributed by atoms with E-state index in [0.717, 1.165) is 25.7 Å². The molecule has 1 unspecified atom stereocenters. The molecule has 31 heavy (non-hydrogen) atoms.